The molecule has 0 aliphatic carbocycles. The molecule has 1 atom stereocenters. The number of carbonyl (C=O) groups is 1. The van der Waals surface area contributed by atoms with Gasteiger partial charge in [0.1, 0.15) is 17.6 Å². The number of ether oxygens (including phenoxy) is 2. The fourth-order valence-corrected chi connectivity index (χ4v) is 3.97. The lowest BCUT2D eigenvalue weighted by molar-refractivity contribution is -0.130. The molecule has 156 valence electrons. The van der Waals surface area contributed by atoms with Crippen molar-refractivity contribution in [3.8, 4) is 22.9 Å². The molecule has 0 saturated carbocycles. The summed E-state index contributed by atoms with van der Waals surface area (Å²) >= 11 is 0. The summed E-state index contributed by atoms with van der Waals surface area (Å²) in [5, 5.41) is 12.3. The van der Waals surface area contributed by atoms with Gasteiger partial charge in [0.15, 0.2) is 0 Å². The van der Waals surface area contributed by atoms with Crippen LogP contribution in [0.2, 0.25) is 0 Å². The quantitative estimate of drug-likeness (QED) is 0.809. The Morgan fingerprint density at radius 2 is 1.97 bits per heavy atom. The Morgan fingerprint density at radius 1 is 1.20 bits per heavy atom. The first-order valence-electron chi connectivity index (χ1n) is 10.1. The molecule has 2 aliphatic rings. The summed E-state index contributed by atoms with van der Waals surface area (Å²) in [6, 6.07) is 11.9. The molecule has 1 fully saturated rings. The molecular formula is C23H24FN3O3. The summed E-state index contributed by atoms with van der Waals surface area (Å²) in [6.45, 7) is 1.33. The van der Waals surface area contributed by atoms with Crippen molar-refractivity contribution in [3.63, 3.8) is 0 Å². The summed E-state index contributed by atoms with van der Waals surface area (Å²) in [5.74, 6) is 0.114. The summed E-state index contributed by atoms with van der Waals surface area (Å²) in [4.78, 5) is 12.6. The van der Waals surface area contributed by atoms with Crippen molar-refractivity contribution in [2.24, 2.45) is 5.73 Å². The van der Waals surface area contributed by atoms with E-state index in [1.807, 2.05) is 18.2 Å². The van der Waals surface area contributed by atoms with Gasteiger partial charge >= 0.3 is 0 Å². The molecule has 0 spiro atoms. The Hall–Kier alpha value is -2.95. The lowest BCUT2D eigenvalue weighted by Crippen LogP contribution is -2.58. The van der Waals surface area contributed by atoms with Gasteiger partial charge in [-0.05, 0) is 47.7 Å². The molecule has 2 heterocycles. The topological polar surface area (TPSA) is 97.4 Å². The fourth-order valence-electron chi connectivity index (χ4n) is 3.97. The van der Waals surface area contributed by atoms with Gasteiger partial charge in [0, 0.05) is 31.6 Å². The Bertz CT molecular complexity index is 996. The van der Waals surface area contributed by atoms with Gasteiger partial charge in [-0.15, -0.1) is 0 Å². The maximum absolute atomic E-state index is 13.6. The second-order valence-electron chi connectivity index (χ2n) is 7.86. The zero-order valence-electron chi connectivity index (χ0n) is 16.6. The Labute approximate surface area is 174 Å². The number of nitrogens with two attached hydrogens (primary N) is 1. The van der Waals surface area contributed by atoms with Crippen molar-refractivity contribution in [1.29, 1.82) is 5.26 Å². The maximum atomic E-state index is 13.6. The van der Waals surface area contributed by atoms with E-state index in [0.717, 1.165) is 22.3 Å². The van der Waals surface area contributed by atoms with Crippen LogP contribution in [0.3, 0.4) is 0 Å². The highest BCUT2D eigenvalue weighted by Gasteiger charge is 2.36. The third-order valence-electron chi connectivity index (χ3n) is 5.77. The molecule has 3 N–H and O–H groups in total. The average Bonchev–Trinajstić information content (AvgIpc) is 2.92. The highest BCUT2D eigenvalue weighted by molar-refractivity contribution is 5.86. The van der Waals surface area contributed by atoms with Crippen molar-refractivity contribution in [1.82, 2.24) is 5.32 Å². The number of carbonyl (C=O) groups excluding carboxylic acids is 1. The largest absolute Gasteiger partial charge is 0.493 e. The smallest absolute Gasteiger partial charge is 0.241 e. The summed E-state index contributed by atoms with van der Waals surface area (Å²) in [7, 11) is 0. The van der Waals surface area contributed by atoms with Crippen molar-refractivity contribution in [2.45, 2.75) is 37.3 Å². The molecule has 1 unspecified atom stereocenters. The minimum absolute atomic E-state index is 0.261. The first kappa shape index (κ1) is 20.3. The van der Waals surface area contributed by atoms with E-state index in [2.05, 4.69) is 11.4 Å². The zero-order chi connectivity index (χ0) is 21.1. The Kier molecular flexibility index (Phi) is 5.71. The van der Waals surface area contributed by atoms with Gasteiger partial charge in [-0.3, -0.25) is 4.79 Å². The number of fused-ring (bicyclic) bond motifs is 3. The van der Waals surface area contributed by atoms with Gasteiger partial charge in [0.25, 0.3) is 0 Å². The lowest BCUT2D eigenvalue weighted by Gasteiger charge is -2.32. The molecule has 30 heavy (non-hydrogen) atoms. The highest BCUT2D eigenvalue weighted by atomic mass is 19.1. The van der Waals surface area contributed by atoms with Crippen LogP contribution in [0.5, 0.6) is 5.75 Å². The summed E-state index contributed by atoms with van der Waals surface area (Å²) < 4.78 is 24.8. The number of nitrogens with one attached hydrogen (secondary N) is 1. The maximum Gasteiger partial charge on any atom is 0.241 e. The lowest BCUT2D eigenvalue weighted by atomic mass is 9.90. The van der Waals surface area contributed by atoms with E-state index in [0.29, 0.717) is 51.3 Å². The third kappa shape index (κ3) is 4.16. The molecule has 1 amide bonds. The Morgan fingerprint density at radius 3 is 2.73 bits per heavy atom. The van der Waals surface area contributed by atoms with E-state index < -0.39 is 11.6 Å². The molecule has 7 heteroatoms. The number of hydrogen-bond donors (Lipinski definition) is 2. The number of rotatable bonds is 4. The number of nitriles is 1. The number of halogens is 1. The van der Waals surface area contributed by atoms with E-state index in [1.165, 1.54) is 6.07 Å². The van der Waals surface area contributed by atoms with Crippen LogP contribution in [0.15, 0.2) is 36.4 Å². The number of amides is 1. The fraction of sp³-hybridized carbons (Fsp3) is 0.391. The average molecular weight is 409 g/mol. The number of hydrogen-bond acceptors (Lipinski definition) is 5. The van der Waals surface area contributed by atoms with Crippen molar-refractivity contribution in [3.05, 3.63) is 53.3 Å². The molecule has 2 aliphatic heterocycles. The number of benzene rings is 2. The minimum atomic E-state index is -0.997. The van der Waals surface area contributed by atoms with E-state index in [1.54, 1.807) is 12.1 Å². The number of nitrogens with zero attached hydrogens (tertiary/aromatic N) is 1. The van der Waals surface area contributed by atoms with Gasteiger partial charge < -0.3 is 20.5 Å². The van der Waals surface area contributed by atoms with E-state index in [9.17, 15) is 14.4 Å². The molecular weight excluding hydrogens is 385 g/mol. The normalized spacial score (nSPS) is 18.0. The minimum Gasteiger partial charge on any atom is -0.493 e. The van der Waals surface area contributed by atoms with Gasteiger partial charge in [0.05, 0.1) is 18.2 Å². The zero-order valence-corrected chi connectivity index (χ0v) is 16.6. The third-order valence-corrected chi connectivity index (χ3v) is 5.77. The molecule has 0 aromatic heterocycles. The monoisotopic (exact) mass is 409 g/mol. The van der Waals surface area contributed by atoms with Crippen LogP contribution in [-0.4, -0.2) is 37.3 Å². The standard InChI is InChI=1S/C23H24FN3O3/c24-17-2-4-19-16(13-17)5-8-30-21-12-15(1-3-20(19)21)11-18(14-25)27-22(28)23(26)6-9-29-10-7-23/h1-4,12-13,18H,5-11,26H2,(H,27,28). The van der Waals surface area contributed by atoms with Crippen LogP contribution >= 0.6 is 0 Å². The van der Waals surface area contributed by atoms with E-state index in [-0.39, 0.29) is 11.7 Å². The van der Waals surface area contributed by atoms with Crippen molar-refractivity contribution < 1.29 is 18.7 Å². The predicted octanol–water partition coefficient (Wildman–Crippen LogP) is 2.49. The second-order valence-corrected chi connectivity index (χ2v) is 7.86. The van der Waals surface area contributed by atoms with Crippen LogP contribution in [0.25, 0.3) is 11.1 Å². The molecule has 0 radical (unpaired) electrons. The molecule has 2 aromatic carbocycles. The highest BCUT2D eigenvalue weighted by Crippen LogP contribution is 2.36. The second kappa shape index (κ2) is 8.42. The summed E-state index contributed by atoms with van der Waals surface area (Å²) in [5.41, 5.74) is 8.84. The van der Waals surface area contributed by atoms with Crippen molar-refractivity contribution >= 4 is 5.91 Å². The first-order chi connectivity index (χ1) is 14.5. The van der Waals surface area contributed by atoms with Crippen LogP contribution in [-0.2, 0) is 22.4 Å². The van der Waals surface area contributed by atoms with E-state index >= 15 is 0 Å². The van der Waals surface area contributed by atoms with Crippen molar-refractivity contribution in [2.75, 3.05) is 19.8 Å². The van der Waals surface area contributed by atoms with E-state index in [4.69, 9.17) is 15.2 Å². The predicted molar refractivity (Wildman–Crippen MR) is 109 cm³/mol. The molecule has 0 bridgehead atoms. The van der Waals surface area contributed by atoms with Gasteiger partial charge in [-0.25, -0.2) is 4.39 Å². The van der Waals surface area contributed by atoms with Crippen LogP contribution in [0.1, 0.15) is 24.0 Å². The van der Waals surface area contributed by atoms with Gasteiger partial charge in [-0.2, -0.15) is 5.26 Å². The Balaban J connectivity index is 1.51. The first-order valence-corrected chi connectivity index (χ1v) is 10.1. The van der Waals surface area contributed by atoms with Crippen LogP contribution in [0.4, 0.5) is 4.39 Å². The molecule has 4 rings (SSSR count). The van der Waals surface area contributed by atoms with Crippen LogP contribution in [0, 0.1) is 17.1 Å². The SMILES string of the molecule is N#CC(Cc1ccc2c(c1)OCCc1cc(F)ccc1-2)NC(=O)C1(N)CCOCC1. The molecule has 1 saturated heterocycles. The van der Waals surface area contributed by atoms with Gasteiger partial charge in [0.2, 0.25) is 5.91 Å². The molecule has 6 nitrogen and oxygen atoms in total. The van der Waals surface area contributed by atoms with Crippen LogP contribution < -0.4 is 15.8 Å². The molecule has 2 aromatic rings. The van der Waals surface area contributed by atoms with Gasteiger partial charge in [-0.1, -0.05) is 18.2 Å². The summed E-state index contributed by atoms with van der Waals surface area (Å²) in [6.07, 6.45) is 1.82.